The molecule has 0 spiro atoms. The van der Waals surface area contributed by atoms with Gasteiger partial charge in [-0.1, -0.05) is 25.1 Å². The van der Waals surface area contributed by atoms with Gasteiger partial charge in [-0.2, -0.15) is 13.2 Å². The summed E-state index contributed by atoms with van der Waals surface area (Å²) in [5.41, 5.74) is -0.504. The van der Waals surface area contributed by atoms with Crippen LogP contribution in [0.15, 0.2) is 63.2 Å². The van der Waals surface area contributed by atoms with Crippen molar-refractivity contribution in [2.75, 3.05) is 19.7 Å². The van der Waals surface area contributed by atoms with Crippen LogP contribution in [0.4, 0.5) is 13.2 Å². The largest absolute Gasteiger partial charge is 0.446 e. The van der Waals surface area contributed by atoms with Gasteiger partial charge in [-0.25, -0.2) is 14.6 Å². The van der Waals surface area contributed by atoms with Gasteiger partial charge in [0.05, 0.1) is 0 Å². The molecule has 214 valence electrons. The van der Waals surface area contributed by atoms with Gasteiger partial charge < -0.3 is 4.74 Å². The van der Waals surface area contributed by atoms with E-state index in [2.05, 4.69) is 28.8 Å². The minimum Gasteiger partial charge on any atom is -0.350 e. The summed E-state index contributed by atoms with van der Waals surface area (Å²) in [6.45, 7) is 4.61. The Hall–Kier alpha value is -1.37. The van der Waals surface area contributed by atoms with Crippen LogP contribution < -0.4 is 5.48 Å². The lowest BCUT2D eigenvalue weighted by Gasteiger charge is -2.31. The number of ether oxygens (including phenoxy) is 1. The maximum absolute atomic E-state index is 12.6. The van der Waals surface area contributed by atoms with Gasteiger partial charge in [-0.15, -0.1) is 11.8 Å². The lowest BCUT2D eigenvalue weighted by Crippen LogP contribution is -2.33. The summed E-state index contributed by atoms with van der Waals surface area (Å²) in [5.74, 6) is -0.0603. The predicted molar refractivity (Wildman–Crippen MR) is 152 cm³/mol. The first-order valence-electron chi connectivity index (χ1n) is 13.4. The molecule has 1 N–H and O–H groups in total. The standard InChI is InChI=1S/C28H35F3N2O3S3/c1-2-20(19-26(34)32-36-27-9-5-6-18-35-27)24-7-3-4-8-25(24)39-33-16-14-22(15-17-33)37-21-10-12-23(13-11-21)38-28(29,30)31/h3-4,7-8,10-13,20,22,27H,2,5-6,9,14-19H2,1H3,(H,32,34). The minimum absolute atomic E-state index is 0.0796. The Kier molecular flexibility index (Phi) is 11.8. The molecule has 2 aromatic carbocycles. The quantitative estimate of drug-likeness (QED) is 0.159. The molecule has 2 atom stereocenters. The van der Waals surface area contributed by atoms with Crippen LogP contribution in [-0.2, 0) is 14.4 Å². The van der Waals surface area contributed by atoms with Gasteiger partial charge in [-0.3, -0.25) is 4.79 Å². The van der Waals surface area contributed by atoms with Gasteiger partial charge >= 0.3 is 5.51 Å². The normalized spacial score (nSPS) is 20.1. The molecule has 39 heavy (non-hydrogen) atoms. The number of halogens is 3. The zero-order valence-corrected chi connectivity index (χ0v) is 24.4. The van der Waals surface area contributed by atoms with Crippen molar-refractivity contribution in [2.45, 2.75) is 89.5 Å². The number of amides is 1. The van der Waals surface area contributed by atoms with Crippen molar-refractivity contribution < 1.29 is 27.5 Å². The highest BCUT2D eigenvalue weighted by atomic mass is 32.2. The van der Waals surface area contributed by atoms with Crippen LogP contribution in [0.3, 0.4) is 0 Å². The van der Waals surface area contributed by atoms with Crippen LogP contribution in [0.1, 0.15) is 63.4 Å². The van der Waals surface area contributed by atoms with Crippen LogP contribution in [0.5, 0.6) is 0 Å². The molecule has 2 heterocycles. The third-order valence-electron chi connectivity index (χ3n) is 6.71. The number of benzene rings is 2. The van der Waals surface area contributed by atoms with Crippen molar-refractivity contribution in [1.82, 2.24) is 9.79 Å². The highest BCUT2D eigenvalue weighted by molar-refractivity contribution is 8.00. The highest BCUT2D eigenvalue weighted by Crippen LogP contribution is 2.40. The molecular formula is C28H35F3N2O3S3. The van der Waals surface area contributed by atoms with Crippen molar-refractivity contribution in [3.63, 3.8) is 0 Å². The highest BCUT2D eigenvalue weighted by Gasteiger charge is 2.29. The fourth-order valence-electron chi connectivity index (χ4n) is 4.67. The van der Waals surface area contributed by atoms with Crippen molar-refractivity contribution in [3.8, 4) is 0 Å². The van der Waals surface area contributed by atoms with Crippen LogP contribution >= 0.6 is 35.5 Å². The molecular weight excluding hydrogens is 566 g/mol. The number of carbonyl (C=O) groups is 1. The zero-order chi connectivity index (χ0) is 27.7. The SMILES string of the molecule is CCC(CC(=O)NOC1CCCCO1)c1ccccc1SN1CCC(Sc2ccc(SC(F)(F)F)cc2)CC1. The van der Waals surface area contributed by atoms with E-state index in [0.717, 1.165) is 61.4 Å². The number of nitrogens with one attached hydrogen (secondary N) is 1. The molecule has 0 radical (unpaired) electrons. The van der Waals surface area contributed by atoms with E-state index in [0.29, 0.717) is 18.3 Å². The van der Waals surface area contributed by atoms with Crippen LogP contribution in [0.2, 0.25) is 0 Å². The lowest BCUT2D eigenvalue weighted by atomic mass is 9.93. The second-order valence-corrected chi connectivity index (χ2v) is 13.3. The Labute approximate surface area is 241 Å². The van der Waals surface area contributed by atoms with E-state index in [1.165, 1.54) is 5.56 Å². The fourth-order valence-corrected chi connectivity index (χ4v) is 7.48. The number of carbonyl (C=O) groups excluding carboxylic acids is 1. The van der Waals surface area contributed by atoms with E-state index >= 15 is 0 Å². The van der Waals surface area contributed by atoms with Crippen molar-refractivity contribution >= 4 is 41.4 Å². The van der Waals surface area contributed by atoms with Gasteiger partial charge in [0, 0.05) is 52.5 Å². The van der Waals surface area contributed by atoms with Gasteiger partial charge in [0.15, 0.2) is 6.29 Å². The molecule has 0 bridgehead atoms. The molecule has 0 saturated carbocycles. The first kappa shape index (κ1) is 30.6. The Bertz CT molecular complexity index is 1040. The summed E-state index contributed by atoms with van der Waals surface area (Å²) < 4.78 is 45.6. The lowest BCUT2D eigenvalue weighted by molar-refractivity contribution is -0.200. The molecule has 2 aliphatic rings. The molecule has 0 aromatic heterocycles. The first-order valence-corrected chi connectivity index (χ1v) is 15.9. The van der Waals surface area contributed by atoms with Crippen molar-refractivity contribution in [1.29, 1.82) is 0 Å². The number of rotatable bonds is 11. The van der Waals surface area contributed by atoms with Gasteiger partial charge in [0.1, 0.15) is 0 Å². The Morgan fingerprint density at radius 2 is 1.79 bits per heavy atom. The fraction of sp³-hybridized carbons (Fsp3) is 0.536. The summed E-state index contributed by atoms with van der Waals surface area (Å²) in [4.78, 5) is 20.5. The number of nitrogens with zero attached hydrogens (tertiary/aromatic N) is 1. The summed E-state index contributed by atoms with van der Waals surface area (Å²) in [7, 11) is 0. The molecule has 0 aliphatic carbocycles. The maximum Gasteiger partial charge on any atom is 0.446 e. The molecule has 11 heteroatoms. The van der Waals surface area contributed by atoms with Crippen LogP contribution in [-0.4, -0.2) is 47.0 Å². The Morgan fingerprint density at radius 1 is 1.08 bits per heavy atom. The predicted octanol–water partition coefficient (Wildman–Crippen LogP) is 8.02. The topological polar surface area (TPSA) is 50.8 Å². The Balaban J connectivity index is 1.26. The average molecular weight is 601 g/mol. The summed E-state index contributed by atoms with van der Waals surface area (Å²) in [6, 6.07) is 14.9. The second-order valence-electron chi connectivity index (χ2n) is 9.64. The number of alkyl halides is 3. The van der Waals surface area contributed by atoms with Crippen molar-refractivity contribution in [2.24, 2.45) is 0 Å². The number of piperidine rings is 1. The number of thioether (sulfide) groups is 2. The monoisotopic (exact) mass is 600 g/mol. The summed E-state index contributed by atoms with van der Waals surface area (Å²) >= 11 is 3.41. The van der Waals surface area contributed by atoms with E-state index in [-0.39, 0.29) is 34.8 Å². The van der Waals surface area contributed by atoms with E-state index in [4.69, 9.17) is 9.57 Å². The van der Waals surface area contributed by atoms with Crippen LogP contribution in [0, 0.1) is 0 Å². The van der Waals surface area contributed by atoms with E-state index in [1.54, 1.807) is 48.0 Å². The summed E-state index contributed by atoms with van der Waals surface area (Å²) in [5, 5.41) is 0.429. The molecule has 2 aromatic rings. The third-order valence-corrected chi connectivity index (χ3v) is 9.99. The molecule has 4 rings (SSSR count). The number of hydroxylamine groups is 1. The van der Waals surface area contributed by atoms with E-state index in [1.807, 2.05) is 12.1 Å². The molecule has 2 aliphatic heterocycles. The number of hydrogen-bond donors (Lipinski definition) is 1. The maximum atomic E-state index is 12.6. The molecule has 5 nitrogen and oxygen atoms in total. The second kappa shape index (κ2) is 15.0. The Morgan fingerprint density at radius 3 is 2.46 bits per heavy atom. The third kappa shape index (κ3) is 10.2. The van der Waals surface area contributed by atoms with Gasteiger partial charge in [0.2, 0.25) is 5.91 Å². The minimum atomic E-state index is -4.26. The summed E-state index contributed by atoms with van der Waals surface area (Å²) in [6.07, 6.45) is 5.68. The van der Waals surface area contributed by atoms with Crippen molar-refractivity contribution in [3.05, 3.63) is 54.1 Å². The molecule has 2 unspecified atom stereocenters. The molecule has 2 fully saturated rings. The zero-order valence-electron chi connectivity index (χ0n) is 22.0. The molecule has 2 saturated heterocycles. The van der Waals surface area contributed by atoms with Crippen LogP contribution in [0.25, 0.3) is 0 Å². The van der Waals surface area contributed by atoms with Gasteiger partial charge in [0.25, 0.3) is 0 Å². The first-order chi connectivity index (χ1) is 18.8. The van der Waals surface area contributed by atoms with Gasteiger partial charge in [-0.05, 0) is 97.6 Å². The van der Waals surface area contributed by atoms with E-state index in [9.17, 15) is 18.0 Å². The smallest absolute Gasteiger partial charge is 0.350 e. The number of hydrogen-bond acceptors (Lipinski definition) is 7. The average Bonchev–Trinajstić information content (AvgIpc) is 2.93. The van der Waals surface area contributed by atoms with E-state index < -0.39 is 5.51 Å². The molecule has 1 amide bonds.